The molecule has 3 nitrogen and oxygen atoms in total. The van der Waals surface area contributed by atoms with Gasteiger partial charge in [-0.05, 0) is 37.4 Å². The first-order valence-corrected chi connectivity index (χ1v) is 6.86. The minimum Gasteiger partial charge on any atom is -0.326 e. The van der Waals surface area contributed by atoms with E-state index in [9.17, 15) is 0 Å². The van der Waals surface area contributed by atoms with Crippen LogP contribution >= 0.6 is 0 Å². The van der Waals surface area contributed by atoms with E-state index < -0.39 is 0 Å². The summed E-state index contributed by atoms with van der Waals surface area (Å²) in [4.78, 5) is 6.76. The van der Waals surface area contributed by atoms with Gasteiger partial charge in [-0.15, -0.1) is 0 Å². The molecule has 18 heavy (non-hydrogen) atoms. The molecule has 0 saturated heterocycles. The number of nitrogens with zero attached hydrogens (tertiary/aromatic N) is 2. The van der Waals surface area contributed by atoms with E-state index in [1.54, 1.807) is 0 Å². The zero-order chi connectivity index (χ0) is 13.2. The molecule has 2 N–H and O–H groups in total. The van der Waals surface area contributed by atoms with E-state index in [2.05, 4.69) is 36.8 Å². The molecule has 0 amide bonds. The van der Waals surface area contributed by atoms with E-state index in [0.717, 1.165) is 12.2 Å². The first-order valence-electron chi connectivity index (χ1n) is 6.86. The molecule has 1 fully saturated rings. The topological polar surface area (TPSA) is 42.2 Å². The highest BCUT2D eigenvalue weighted by molar-refractivity contribution is 5.04. The molecule has 0 bridgehead atoms. The zero-order valence-corrected chi connectivity index (χ0v) is 11.8. The monoisotopic (exact) mass is 247 g/mol. The Bertz CT molecular complexity index is 375. The van der Waals surface area contributed by atoms with Gasteiger partial charge in [-0.3, -0.25) is 9.88 Å². The van der Waals surface area contributed by atoms with Crippen molar-refractivity contribution in [3.8, 4) is 0 Å². The fourth-order valence-corrected chi connectivity index (χ4v) is 2.99. The van der Waals surface area contributed by atoms with Gasteiger partial charge in [0, 0.05) is 24.8 Å². The average Bonchev–Trinajstić information content (AvgIpc) is 2.34. The predicted octanol–water partition coefficient (Wildman–Crippen LogP) is 2.42. The van der Waals surface area contributed by atoms with Gasteiger partial charge in [0.05, 0.1) is 5.69 Å². The molecule has 1 aromatic heterocycles. The van der Waals surface area contributed by atoms with E-state index in [-0.39, 0.29) is 11.5 Å². The molecule has 0 aromatic carbocycles. The van der Waals surface area contributed by atoms with Crippen LogP contribution in [0.15, 0.2) is 24.4 Å². The molecular weight excluding hydrogens is 222 g/mol. The van der Waals surface area contributed by atoms with Crippen molar-refractivity contribution in [2.45, 2.75) is 51.7 Å². The van der Waals surface area contributed by atoms with Gasteiger partial charge in [0.25, 0.3) is 0 Å². The van der Waals surface area contributed by atoms with Crippen molar-refractivity contribution < 1.29 is 0 Å². The normalized spacial score (nSPS) is 27.4. The first kappa shape index (κ1) is 13.5. The minimum atomic E-state index is 0.250. The Morgan fingerprint density at radius 3 is 2.89 bits per heavy atom. The van der Waals surface area contributed by atoms with Crippen molar-refractivity contribution in [2.24, 2.45) is 11.1 Å². The first-order chi connectivity index (χ1) is 8.50. The molecule has 1 aliphatic carbocycles. The molecule has 0 aliphatic heterocycles. The van der Waals surface area contributed by atoms with E-state index in [1.807, 2.05) is 18.3 Å². The van der Waals surface area contributed by atoms with Crippen molar-refractivity contribution in [3.05, 3.63) is 30.1 Å². The largest absolute Gasteiger partial charge is 0.326 e. The van der Waals surface area contributed by atoms with E-state index in [0.29, 0.717) is 6.04 Å². The van der Waals surface area contributed by atoms with Gasteiger partial charge in [0.2, 0.25) is 0 Å². The van der Waals surface area contributed by atoms with Crippen LogP contribution in [0.2, 0.25) is 0 Å². The van der Waals surface area contributed by atoms with Crippen molar-refractivity contribution in [1.82, 2.24) is 9.88 Å². The highest BCUT2D eigenvalue weighted by Gasteiger charge is 2.38. The Hall–Kier alpha value is -0.930. The SMILES string of the molecule is CN(Cc1ccccn1)C1CCCC(C)(C)C1N. The van der Waals surface area contributed by atoms with Gasteiger partial charge in [-0.1, -0.05) is 26.3 Å². The Balaban J connectivity index is 2.02. The lowest BCUT2D eigenvalue weighted by molar-refractivity contribution is 0.0797. The summed E-state index contributed by atoms with van der Waals surface area (Å²) in [7, 11) is 2.17. The number of aromatic nitrogens is 1. The molecule has 1 aromatic rings. The predicted molar refractivity (Wildman–Crippen MR) is 75.1 cm³/mol. The van der Waals surface area contributed by atoms with Crippen LogP contribution in [0.1, 0.15) is 38.8 Å². The van der Waals surface area contributed by atoms with Crippen LogP contribution in [-0.2, 0) is 6.54 Å². The molecule has 0 radical (unpaired) electrons. The molecule has 0 spiro atoms. The minimum absolute atomic E-state index is 0.250. The molecule has 3 heteroatoms. The summed E-state index contributed by atoms with van der Waals surface area (Å²) < 4.78 is 0. The smallest absolute Gasteiger partial charge is 0.0543 e. The number of rotatable bonds is 3. The lowest BCUT2D eigenvalue weighted by Crippen LogP contribution is -2.55. The average molecular weight is 247 g/mol. The van der Waals surface area contributed by atoms with E-state index >= 15 is 0 Å². The molecule has 100 valence electrons. The summed E-state index contributed by atoms with van der Waals surface area (Å²) in [6.45, 7) is 5.46. The summed E-state index contributed by atoms with van der Waals surface area (Å²) in [5, 5.41) is 0. The molecule has 2 unspecified atom stereocenters. The zero-order valence-electron chi connectivity index (χ0n) is 11.8. The number of nitrogens with two attached hydrogens (primary N) is 1. The highest BCUT2D eigenvalue weighted by Crippen LogP contribution is 2.36. The van der Waals surface area contributed by atoms with Crippen LogP contribution in [0, 0.1) is 5.41 Å². The van der Waals surface area contributed by atoms with Crippen LogP contribution in [0.3, 0.4) is 0 Å². The quantitative estimate of drug-likeness (QED) is 0.892. The third-order valence-electron chi connectivity index (χ3n) is 4.34. The van der Waals surface area contributed by atoms with Gasteiger partial charge in [-0.25, -0.2) is 0 Å². The number of likely N-dealkylation sites (N-methyl/N-ethyl adjacent to an activating group) is 1. The van der Waals surface area contributed by atoms with Gasteiger partial charge in [0.1, 0.15) is 0 Å². The second kappa shape index (κ2) is 5.37. The third-order valence-corrected chi connectivity index (χ3v) is 4.34. The lowest BCUT2D eigenvalue weighted by Gasteiger charge is -2.45. The highest BCUT2D eigenvalue weighted by atomic mass is 15.2. The van der Waals surface area contributed by atoms with E-state index in [4.69, 9.17) is 5.73 Å². The van der Waals surface area contributed by atoms with Crippen LogP contribution in [-0.4, -0.2) is 29.0 Å². The number of hydrogen-bond donors (Lipinski definition) is 1. The number of hydrogen-bond acceptors (Lipinski definition) is 3. The Morgan fingerprint density at radius 2 is 2.22 bits per heavy atom. The maximum absolute atomic E-state index is 6.45. The molecule has 1 aliphatic rings. The van der Waals surface area contributed by atoms with E-state index in [1.165, 1.54) is 19.3 Å². The van der Waals surface area contributed by atoms with Crippen molar-refractivity contribution in [2.75, 3.05) is 7.05 Å². The van der Waals surface area contributed by atoms with Gasteiger partial charge in [0.15, 0.2) is 0 Å². The van der Waals surface area contributed by atoms with Crippen LogP contribution in [0.5, 0.6) is 0 Å². The lowest BCUT2D eigenvalue weighted by atomic mass is 9.71. The molecule has 1 heterocycles. The Labute approximate surface area is 110 Å². The summed E-state index contributed by atoms with van der Waals surface area (Å²) >= 11 is 0. The van der Waals surface area contributed by atoms with Crippen molar-refractivity contribution in [1.29, 1.82) is 0 Å². The summed E-state index contributed by atoms with van der Waals surface area (Å²) in [6.07, 6.45) is 5.57. The summed E-state index contributed by atoms with van der Waals surface area (Å²) in [5.74, 6) is 0. The molecule has 2 atom stereocenters. The summed E-state index contributed by atoms with van der Waals surface area (Å²) in [5.41, 5.74) is 7.82. The van der Waals surface area contributed by atoms with Crippen molar-refractivity contribution >= 4 is 0 Å². The second-order valence-corrected chi connectivity index (χ2v) is 6.21. The molecular formula is C15H25N3. The van der Waals surface area contributed by atoms with Crippen LogP contribution in [0.4, 0.5) is 0 Å². The standard InChI is InChI=1S/C15H25N3/c1-15(2)9-6-8-13(14(15)16)18(3)11-12-7-4-5-10-17-12/h4-5,7,10,13-14H,6,8-9,11,16H2,1-3H3. The Kier molecular flexibility index (Phi) is 4.03. The second-order valence-electron chi connectivity index (χ2n) is 6.21. The maximum Gasteiger partial charge on any atom is 0.0543 e. The van der Waals surface area contributed by atoms with Gasteiger partial charge in [-0.2, -0.15) is 0 Å². The molecule has 2 rings (SSSR count). The fraction of sp³-hybridized carbons (Fsp3) is 0.667. The van der Waals surface area contributed by atoms with Crippen molar-refractivity contribution in [3.63, 3.8) is 0 Å². The van der Waals surface area contributed by atoms with Crippen LogP contribution < -0.4 is 5.73 Å². The Morgan fingerprint density at radius 1 is 1.44 bits per heavy atom. The maximum atomic E-state index is 6.45. The summed E-state index contributed by atoms with van der Waals surface area (Å²) in [6, 6.07) is 6.80. The van der Waals surface area contributed by atoms with Gasteiger partial charge >= 0.3 is 0 Å². The van der Waals surface area contributed by atoms with Gasteiger partial charge < -0.3 is 5.73 Å². The fourth-order valence-electron chi connectivity index (χ4n) is 2.99. The number of pyridine rings is 1. The third kappa shape index (κ3) is 2.90. The molecule has 1 saturated carbocycles. The van der Waals surface area contributed by atoms with Crippen LogP contribution in [0.25, 0.3) is 0 Å².